The van der Waals surface area contributed by atoms with Gasteiger partial charge in [0.15, 0.2) is 5.84 Å². The maximum Gasteiger partial charge on any atom is 0.188 e. The maximum absolute atomic E-state index is 8.84. The van der Waals surface area contributed by atoms with Gasteiger partial charge in [-0.3, -0.25) is 0 Å². The number of ether oxygens (including phenoxy) is 1. The molecule has 0 aliphatic carbocycles. The molecule has 1 heterocycles. The summed E-state index contributed by atoms with van der Waals surface area (Å²) in [6.45, 7) is 0.124. The molecule has 0 atom stereocenters. The van der Waals surface area contributed by atoms with Crippen molar-refractivity contribution in [1.29, 1.82) is 0 Å². The van der Waals surface area contributed by atoms with Crippen LogP contribution in [0, 0.1) is 0 Å². The Morgan fingerprint density at radius 3 is 2.40 bits per heavy atom. The second kappa shape index (κ2) is 6.53. The van der Waals surface area contributed by atoms with Gasteiger partial charge >= 0.3 is 0 Å². The topological polar surface area (TPSA) is 101 Å². The maximum atomic E-state index is 8.84. The van der Waals surface area contributed by atoms with E-state index >= 15 is 0 Å². The molecule has 0 saturated heterocycles. The van der Waals surface area contributed by atoms with E-state index in [4.69, 9.17) is 20.8 Å². The summed E-state index contributed by atoms with van der Waals surface area (Å²) in [5.74, 6) is 1.17. The largest absolute Gasteiger partial charge is 0.456 e. The monoisotopic (exact) mass is 273 g/mol. The van der Waals surface area contributed by atoms with Gasteiger partial charge in [0.1, 0.15) is 17.2 Å². The summed E-state index contributed by atoms with van der Waals surface area (Å²) in [6, 6.07) is 10.7. The molecule has 0 aliphatic rings. The van der Waals surface area contributed by atoms with Crippen molar-refractivity contribution in [2.45, 2.75) is 6.42 Å². The number of rotatable bonds is 5. The third kappa shape index (κ3) is 3.46. The Morgan fingerprint density at radius 1 is 1.15 bits per heavy atom. The highest BCUT2D eigenvalue weighted by Gasteiger charge is 2.02. The number of aliphatic hydroxyl groups is 1. The summed E-state index contributed by atoms with van der Waals surface area (Å²) in [4.78, 5) is 4.02. The zero-order chi connectivity index (χ0) is 14.4. The molecule has 0 unspecified atom stereocenters. The van der Waals surface area contributed by atoms with Gasteiger partial charge in [0, 0.05) is 6.61 Å². The van der Waals surface area contributed by atoms with Crippen LogP contribution in [0.2, 0.25) is 0 Å². The number of aliphatic hydroxyl groups excluding tert-OH is 1. The molecule has 4 N–H and O–H groups in total. The van der Waals surface area contributed by atoms with Gasteiger partial charge in [-0.2, -0.15) is 0 Å². The molecule has 20 heavy (non-hydrogen) atoms. The predicted molar refractivity (Wildman–Crippen MR) is 74.1 cm³/mol. The summed E-state index contributed by atoms with van der Waals surface area (Å²) in [7, 11) is 0. The smallest absolute Gasteiger partial charge is 0.188 e. The standard InChI is InChI=1S/C14H15N3O3/c15-14(17-19)13-6-5-12(9-16-13)20-11-3-1-10(2-4-11)7-8-18/h1-6,9,18-19H,7-8H2,(H2,15,17). The van der Waals surface area contributed by atoms with Crippen molar-refractivity contribution in [1.82, 2.24) is 4.98 Å². The number of benzene rings is 1. The van der Waals surface area contributed by atoms with Crippen molar-refractivity contribution in [2.75, 3.05) is 6.61 Å². The van der Waals surface area contributed by atoms with Crippen LogP contribution in [0.1, 0.15) is 11.3 Å². The number of nitrogens with two attached hydrogens (primary N) is 1. The normalized spacial score (nSPS) is 11.3. The molecule has 0 fully saturated rings. The Balaban J connectivity index is 2.06. The van der Waals surface area contributed by atoms with Crippen LogP contribution in [-0.4, -0.2) is 27.7 Å². The van der Waals surface area contributed by atoms with Gasteiger partial charge in [0.25, 0.3) is 0 Å². The molecule has 0 aliphatic heterocycles. The fourth-order valence-corrected chi connectivity index (χ4v) is 1.63. The molecule has 0 spiro atoms. The molecule has 0 saturated carbocycles. The fraction of sp³-hybridized carbons (Fsp3) is 0.143. The van der Waals surface area contributed by atoms with Gasteiger partial charge in [0.05, 0.1) is 6.20 Å². The average molecular weight is 273 g/mol. The second-order valence-electron chi connectivity index (χ2n) is 4.08. The van der Waals surface area contributed by atoms with Gasteiger partial charge in [0.2, 0.25) is 0 Å². The van der Waals surface area contributed by atoms with Gasteiger partial charge < -0.3 is 20.8 Å². The lowest BCUT2D eigenvalue weighted by atomic mass is 10.1. The van der Waals surface area contributed by atoms with E-state index in [9.17, 15) is 0 Å². The molecular formula is C14H15N3O3. The third-order valence-corrected chi connectivity index (χ3v) is 2.67. The van der Waals surface area contributed by atoms with E-state index in [0.29, 0.717) is 23.6 Å². The third-order valence-electron chi connectivity index (χ3n) is 2.67. The average Bonchev–Trinajstić information content (AvgIpc) is 2.49. The van der Waals surface area contributed by atoms with E-state index in [1.165, 1.54) is 6.20 Å². The summed E-state index contributed by atoms with van der Waals surface area (Å²) < 4.78 is 5.61. The van der Waals surface area contributed by atoms with E-state index in [2.05, 4.69) is 10.1 Å². The number of oxime groups is 1. The number of nitrogens with zero attached hydrogens (tertiary/aromatic N) is 2. The van der Waals surface area contributed by atoms with Crippen molar-refractivity contribution in [3.05, 3.63) is 53.9 Å². The van der Waals surface area contributed by atoms with E-state index in [1.807, 2.05) is 24.3 Å². The molecule has 6 heteroatoms. The Morgan fingerprint density at radius 2 is 1.85 bits per heavy atom. The van der Waals surface area contributed by atoms with E-state index in [0.717, 1.165) is 5.56 Å². The molecule has 0 amide bonds. The highest BCUT2D eigenvalue weighted by Crippen LogP contribution is 2.21. The second-order valence-corrected chi connectivity index (χ2v) is 4.08. The number of amidine groups is 1. The van der Waals surface area contributed by atoms with Gasteiger partial charge in [-0.25, -0.2) is 4.98 Å². The van der Waals surface area contributed by atoms with Crippen LogP contribution in [0.3, 0.4) is 0 Å². The summed E-state index contributed by atoms with van der Waals surface area (Å²) >= 11 is 0. The number of pyridine rings is 1. The first kappa shape index (κ1) is 13.8. The van der Waals surface area contributed by atoms with Crippen molar-refractivity contribution < 1.29 is 15.1 Å². The van der Waals surface area contributed by atoms with Gasteiger partial charge in [-0.1, -0.05) is 17.3 Å². The number of aromatic nitrogens is 1. The lowest BCUT2D eigenvalue weighted by Crippen LogP contribution is -2.14. The minimum atomic E-state index is -0.0510. The molecule has 6 nitrogen and oxygen atoms in total. The van der Waals surface area contributed by atoms with E-state index in [-0.39, 0.29) is 12.4 Å². The Hall–Kier alpha value is -2.60. The van der Waals surface area contributed by atoms with Crippen LogP contribution >= 0.6 is 0 Å². The molecule has 2 rings (SSSR count). The first-order valence-corrected chi connectivity index (χ1v) is 6.04. The highest BCUT2D eigenvalue weighted by molar-refractivity contribution is 5.95. The first-order valence-electron chi connectivity index (χ1n) is 6.04. The van der Waals surface area contributed by atoms with E-state index < -0.39 is 0 Å². The van der Waals surface area contributed by atoms with Crippen molar-refractivity contribution in [3.63, 3.8) is 0 Å². The molecule has 0 radical (unpaired) electrons. The lowest BCUT2D eigenvalue weighted by Gasteiger charge is -2.06. The quantitative estimate of drug-likeness (QED) is 0.332. The first-order chi connectivity index (χ1) is 9.72. The van der Waals surface area contributed by atoms with E-state index in [1.54, 1.807) is 12.1 Å². The minimum Gasteiger partial charge on any atom is -0.456 e. The van der Waals surface area contributed by atoms with Crippen LogP contribution in [0.5, 0.6) is 11.5 Å². The van der Waals surface area contributed by atoms with Crippen LogP contribution in [0.15, 0.2) is 47.8 Å². The molecule has 1 aromatic carbocycles. The Bertz CT molecular complexity index is 580. The fourth-order valence-electron chi connectivity index (χ4n) is 1.63. The number of hydrogen-bond donors (Lipinski definition) is 3. The molecular weight excluding hydrogens is 258 g/mol. The zero-order valence-corrected chi connectivity index (χ0v) is 10.7. The van der Waals surface area contributed by atoms with Crippen LogP contribution < -0.4 is 10.5 Å². The lowest BCUT2D eigenvalue weighted by molar-refractivity contribution is 0.299. The zero-order valence-electron chi connectivity index (χ0n) is 10.7. The molecule has 1 aromatic heterocycles. The van der Waals surface area contributed by atoms with Crippen molar-refractivity contribution in [2.24, 2.45) is 10.9 Å². The summed E-state index contributed by atoms with van der Waals surface area (Å²) in [6.07, 6.45) is 2.12. The molecule has 2 aromatic rings. The summed E-state index contributed by atoms with van der Waals surface area (Å²) in [5, 5.41) is 20.2. The Labute approximate surface area is 116 Å². The van der Waals surface area contributed by atoms with Crippen LogP contribution in [0.4, 0.5) is 0 Å². The molecule has 0 bridgehead atoms. The minimum absolute atomic E-state index is 0.0510. The van der Waals surface area contributed by atoms with Crippen LogP contribution in [0.25, 0.3) is 0 Å². The predicted octanol–water partition coefficient (Wildman–Crippen LogP) is 1.50. The Kier molecular flexibility index (Phi) is 4.52. The van der Waals surface area contributed by atoms with Crippen molar-refractivity contribution >= 4 is 5.84 Å². The van der Waals surface area contributed by atoms with Gasteiger partial charge in [-0.15, -0.1) is 0 Å². The SMILES string of the molecule is N/C(=N/O)c1ccc(Oc2ccc(CCO)cc2)cn1. The van der Waals surface area contributed by atoms with Crippen LogP contribution in [-0.2, 0) is 6.42 Å². The highest BCUT2D eigenvalue weighted by atomic mass is 16.5. The number of hydrogen-bond acceptors (Lipinski definition) is 5. The van der Waals surface area contributed by atoms with Gasteiger partial charge in [-0.05, 0) is 36.2 Å². The molecule has 104 valence electrons. The van der Waals surface area contributed by atoms with Crippen molar-refractivity contribution in [3.8, 4) is 11.5 Å². The summed E-state index contributed by atoms with van der Waals surface area (Å²) in [5.41, 5.74) is 6.83.